The molecule has 2 aliphatic rings. The molecule has 5 heteroatoms. The van der Waals surface area contributed by atoms with E-state index < -0.39 is 0 Å². The molecule has 3 heterocycles. The lowest BCUT2D eigenvalue weighted by Gasteiger charge is -2.45. The first-order chi connectivity index (χ1) is 13.2. The Labute approximate surface area is 159 Å². The van der Waals surface area contributed by atoms with E-state index in [-0.39, 0.29) is 11.3 Å². The lowest BCUT2D eigenvalue weighted by atomic mass is 9.74. The molecular weight excluding hydrogens is 338 g/mol. The largest absolute Gasteiger partial charge is 0.381 e. The highest BCUT2D eigenvalue weighted by Crippen LogP contribution is 2.39. The molecular formula is C22H23N3O2. The molecule has 0 radical (unpaired) electrons. The Kier molecular flexibility index (Phi) is 4.91. The average molecular weight is 361 g/mol. The van der Waals surface area contributed by atoms with Gasteiger partial charge >= 0.3 is 0 Å². The standard InChI is InChI=1S/C22H23N3O2/c23-14-20-6-5-19(15-24-20)17-3-1-4-18(13-17)21(26)25-10-2-7-22(16-25)8-11-27-12-9-22/h1,3-6,13,15H,2,7-12,16H2. The summed E-state index contributed by atoms with van der Waals surface area (Å²) in [6.45, 7) is 3.27. The highest BCUT2D eigenvalue weighted by molar-refractivity contribution is 5.95. The van der Waals surface area contributed by atoms with Gasteiger partial charge in [-0.1, -0.05) is 12.1 Å². The molecule has 0 saturated carbocycles. The molecule has 5 nitrogen and oxygen atoms in total. The number of piperidine rings is 1. The summed E-state index contributed by atoms with van der Waals surface area (Å²) in [6, 6.07) is 13.3. The van der Waals surface area contributed by atoms with Crippen molar-refractivity contribution in [1.82, 2.24) is 9.88 Å². The molecule has 1 aromatic carbocycles. The molecule has 1 aromatic heterocycles. The Hall–Kier alpha value is -2.71. The maximum Gasteiger partial charge on any atom is 0.253 e. The zero-order valence-electron chi connectivity index (χ0n) is 15.4. The number of carbonyl (C=O) groups excluding carboxylic acids is 1. The summed E-state index contributed by atoms with van der Waals surface area (Å²) in [5.74, 6) is 0.101. The van der Waals surface area contributed by atoms with Gasteiger partial charge in [0.05, 0.1) is 0 Å². The van der Waals surface area contributed by atoms with Crippen LogP contribution in [0.5, 0.6) is 0 Å². The quantitative estimate of drug-likeness (QED) is 0.819. The zero-order chi connectivity index (χ0) is 18.7. The third kappa shape index (κ3) is 3.72. The molecule has 1 spiro atoms. The van der Waals surface area contributed by atoms with Crippen molar-refractivity contribution in [2.45, 2.75) is 25.7 Å². The predicted molar refractivity (Wildman–Crippen MR) is 102 cm³/mol. The number of carbonyl (C=O) groups is 1. The van der Waals surface area contributed by atoms with Crippen molar-refractivity contribution in [2.75, 3.05) is 26.3 Å². The number of aromatic nitrogens is 1. The molecule has 2 aliphatic heterocycles. The molecule has 138 valence electrons. The molecule has 0 aliphatic carbocycles. The van der Waals surface area contributed by atoms with Crippen LogP contribution in [0, 0.1) is 16.7 Å². The van der Waals surface area contributed by atoms with Gasteiger partial charge in [0.2, 0.25) is 0 Å². The van der Waals surface area contributed by atoms with Crippen LogP contribution >= 0.6 is 0 Å². The molecule has 2 aromatic rings. The molecule has 0 atom stereocenters. The SMILES string of the molecule is N#Cc1ccc(-c2cccc(C(=O)N3CCCC4(CCOCC4)C3)c2)cn1. The first-order valence-corrected chi connectivity index (χ1v) is 9.53. The minimum Gasteiger partial charge on any atom is -0.381 e. The first-order valence-electron chi connectivity index (χ1n) is 9.53. The summed E-state index contributed by atoms with van der Waals surface area (Å²) in [5, 5.41) is 8.89. The molecule has 1 amide bonds. The van der Waals surface area contributed by atoms with Crippen molar-refractivity contribution in [2.24, 2.45) is 5.41 Å². The number of likely N-dealkylation sites (tertiary alicyclic amines) is 1. The topological polar surface area (TPSA) is 66.2 Å². The lowest BCUT2D eigenvalue weighted by molar-refractivity contribution is -0.0229. The highest BCUT2D eigenvalue weighted by atomic mass is 16.5. The van der Waals surface area contributed by atoms with E-state index in [2.05, 4.69) is 4.98 Å². The molecule has 4 rings (SSSR count). The smallest absolute Gasteiger partial charge is 0.253 e. The van der Waals surface area contributed by atoms with Crippen molar-refractivity contribution in [3.63, 3.8) is 0 Å². The van der Waals surface area contributed by atoms with Gasteiger partial charge in [-0.2, -0.15) is 5.26 Å². The number of pyridine rings is 1. The fraction of sp³-hybridized carbons (Fsp3) is 0.409. The zero-order valence-corrected chi connectivity index (χ0v) is 15.4. The van der Waals surface area contributed by atoms with Crippen LogP contribution in [-0.4, -0.2) is 42.1 Å². The molecule has 0 unspecified atom stereocenters. The van der Waals surface area contributed by atoms with Crippen LogP contribution in [0.25, 0.3) is 11.1 Å². The maximum atomic E-state index is 13.1. The first kappa shape index (κ1) is 17.7. The van der Waals surface area contributed by atoms with E-state index in [9.17, 15) is 4.79 Å². The van der Waals surface area contributed by atoms with Gasteiger partial charge in [-0.3, -0.25) is 4.79 Å². The average Bonchev–Trinajstić information content (AvgIpc) is 2.74. The van der Waals surface area contributed by atoms with Crippen LogP contribution in [0.1, 0.15) is 41.7 Å². The van der Waals surface area contributed by atoms with Gasteiger partial charge in [0.25, 0.3) is 5.91 Å². The summed E-state index contributed by atoms with van der Waals surface area (Å²) in [7, 11) is 0. The van der Waals surface area contributed by atoms with E-state index >= 15 is 0 Å². The van der Waals surface area contributed by atoms with E-state index in [0.717, 1.165) is 56.7 Å². The Morgan fingerprint density at radius 2 is 2.00 bits per heavy atom. The summed E-state index contributed by atoms with van der Waals surface area (Å²) in [5.41, 5.74) is 3.18. The third-order valence-corrected chi connectivity index (χ3v) is 5.82. The summed E-state index contributed by atoms with van der Waals surface area (Å²) in [6.07, 6.45) is 6.03. The summed E-state index contributed by atoms with van der Waals surface area (Å²) >= 11 is 0. The van der Waals surface area contributed by atoms with Crippen molar-refractivity contribution in [1.29, 1.82) is 5.26 Å². The van der Waals surface area contributed by atoms with E-state index in [0.29, 0.717) is 11.3 Å². The van der Waals surface area contributed by atoms with Gasteiger partial charge in [0, 0.05) is 43.6 Å². The number of hydrogen-bond donors (Lipinski definition) is 0. The van der Waals surface area contributed by atoms with E-state index in [1.54, 1.807) is 12.3 Å². The Balaban J connectivity index is 1.54. The van der Waals surface area contributed by atoms with Gasteiger partial charge < -0.3 is 9.64 Å². The monoisotopic (exact) mass is 361 g/mol. The molecule has 27 heavy (non-hydrogen) atoms. The molecule has 0 N–H and O–H groups in total. The Bertz CT molecular complexity index is 858. The van der Waals surface area contributed by atoms with Crippen molar-refractivity contribution in [3.05, 3.63) is 53.9 Å². The second-order valence-electron chi connectivity index (χ2n) is 7.57. The van der Waals surface area contributed by atoms with Crippen molar-refractivity contribution < 1.29 is 9.53 Å². The van der Waals surface area contributed by atoms with Crippen LogP contribution in [0.15, 0.2) is 42.6 Å². The number of ether oxygens (including phenoxy) is 1. The Morgan fingerprint density at radius 3 is 2.74 bits per heavy atom. The minimum atomic E-state index is 0.101. The van der Waals surface area contributed by atoms with Crippen LogP contribution in [-0.2, 0) is 4.74 Å². The van der Waals surface area contributed by atoms with Gasteiger partial charge in [-0.25, -0.2) is 4.98 Å². The van der Waals surface area contributed by atoms with E-state index in [4.69, 9.17) is 10.00 Å². The fourth-order valence-electron chi connectivity index (χ4n) is 4.24. The third-order valence-electron chi connectivity index (χ3n) is 5.82. The van der Waals surface area contributed by atoms with Gasteiger partial charge in [0.1, 0.15) is 11.8 Å². The summed E-state index contributed by atoms with van der Waals surface area (Å²) < 4.78 is 5.53. The van der Waals surface area contributed by atoms with E-state index in [1.807, 2.05) is 41.3 Å². The van der Waals surface area contributed by atoms with Gasteiger partial charge in [-0.05, 0) is 60.9 Å². The molecule has 2 saturated heterocycles. The fourth-order valence-corrected chi connectivity index (χ4v) is 4.24. The summed E-state index contributed by atoms with van der Waals surface area (Å²) in [4.78, 5) is 19.3. The normalized spacial score (nSPS) is 18.9. The van der Waals surface area contributed by atoms with Gasteiger partial charge in [0.15, 0.2) is 0 Å². The highest BCUT2D eigenvalue weighted by Gasteiger charge is 2.38. The van der Waals surface area contributed by atoms with Crippen LogP contribution in [0.3, 0.4) is 0 Å². The lowest BCUT2D eigenvalue weighted by Crippen LogP contribution is -2.48. The minimum absolute atomic E-state index is 0.101. The van der Waals surface area contributed by atoms with Gasteiger partial charge in [-0.15, -0.1) is 0 Å². The van der Waals surface area contributed by atoms with Crippen LogP contribution < -0.4 is 0 Å². The molecule has 0 bridgehead atoms. The maximum absolute atomic E-state index is 13.1. The Morgan fingerprint density at radius 1 is 1.15 bits per heavy atom. The number of hydrogen-bond acceptors (Lipinski definition) is 4. The van der Waals surface area contributed by atoms with Crippen LogP contribution in [0.2, 0.25) is 0 Å². The number of rotatable bonds is 2. The van der Waals surface area contributed by atoms with Crippen molar-refractivity contribution in [3.8, 4) is 17.2 Å². The number of benzene rings is 1. The van der Waals surface area contributed by atoms with Crippen molar-refractivity contribution >= 4 is 5.91 Å². The van der Waals surface area contributed by atoms with Crippen LogP contribution in [0.4, 0.5) is 0 Å². The van der Waals surface area contributed by atoms with E-state index in [1.165, 1.54) is 6.42 Å². The number of amides is 1. The number of nitriles is 1. The second-order valence-corrected chi connectivity index (χ2v) is 7.57. The molecule has 2 fully saturated rings. The second kappa shape index (κ2) is 7.50. The number of nitrogens with zero attached hydrogens (tertiary/aromatic N) is 3. The predicted octanol–water partition coefficient (Wildman–Crippen LogP) is 3.65.